The van der Waals surface area contributed by atoms with E-state index in [1.807, 2.05) is 0 Å². The normalized spacial score (nSPS) is 18.4. The smallest absolute Gasteiger partial charge is 0.343 e. The first-order chi connectivity index (χ1) is 9.40. The Morgan fingerprint density at radius 2 is 0.950 bits per heavy atom. The first-order valence-electron chi connectivity index (χ1n) is 5.47. The van der Waals surface area contributed by atoms with Crippen molar-refractivity contribution in [2.75, 3.05) is 0 Å². The molecule has 1 aliphatic heterocycles. The molecule has 8 heteroatoms. The van der Waals surface area contributed by atoms with Crippen LogP contribution < -0.4 is 8.37 Å². The van der Waals surface area contributed by atoms with E-state index in [9.17, 15) is 16.8 Å². The van der Waals surface area contributed by atoms with Crippen molar-refractivity contribution in [1.82, 2.24) is 0 Å². The number of fused-ring (bicyclic) bond motifs is 2. The van der Waals surface area contributed by atoms with Gasteiger partial charge in [-0.3, -0.25) is 0 Å². The van der Waals surface area contributed by atoms with Gasteiger partial charge in [0, 0.05) is 0 Å². The second kappa shape index (κ2) is 4.22. The SMILES string of the molecule is O=S1(=O)Oc2ccccc2S(=O)(=O)Oc2ccccc21. The van der Waals surface area contributed by atoms with Crippen molar-refractivity contribution < 1.29 is 25.2 Å². The van der Waals surface area contributed by atoms with Crippen LogP contribution >= 0.6 is 0 Å². The molecular weight excluding hydrogens is 304 g/mol. The molecule has 0 bridgehead atoms. The van der Waals surface area contributed by atoms with Crippen molar-refractivity contribution in [3.05, 3.63) is 48.5 Å². The van der Waals surface area contributed by atoms with Crippen LogP contribution in [0, 0.1) is 0 Å². The van der Waals surface area contributed by atoms with Crippen molar-refractivity contribution >= 4 is 20.2 Å². The van der Waals surface area contributed by atoms with E-state index in [4.69, 9.17) is 8.37 Å². The molecule has 0 aromatic heterocycles. The first kappa shape index (κ1) is 12.9. The van der Waals surface area contributed by atoms with E-state index in [1.54, 1.807) is 0 Å². The zero-order chi connectivity index (χ0) is 14.4. The number of rotatable bonds is 0. The lowest BCUT2D eigenvalue weighted by molar-refractivity contribution is 0.444. The minimum atomic E-state index is -4.15. The number of benzene rings is 2. The van der Waals surface area contributed by atoms with E-state index in [2.05, 4.69) is 0 Å². The van der Waals surface area contributed by atoms with Crippen molar-refractivity contribution in [3.63, 3.8) is 0 Å². The van der Waals surface area contributed by atoms with Gasteiger partial charge in [-0.15, -0.1) is 0 Å². The minimum Gasteiger partial charge on any atom is -0.377 e. The van der Waals surface area contributed by atoms with Gasteiger partial charge in [0.05, 0.1) is 0 Å². The van der Waals surface area contributed by atoms with Crippen LogP contribution in [0.3, 0.4) is 0 Å². The molecule has 20 heavy (non-hydrogen) atoms. The lowest BCUT2D eigenvalue weighted by Gasteiger charge is -2.17. The fourth-order valence-corrected chi connectivity index (χ4v) is 4.03. The number of para-hydroxylation sites is 2. The Bertz CT molecular complexity index is 808. The molecule has 0 aliphatic carbocycles. The maximum absolute atomic E-state index is 12.1. The lowest BCUT2D eigenvalue weighted by atomic mass is 10.3. The number of hydrogen-bond acceptors (Lipinski definition) is 6. The highest BCUT2D eigenvalue weighted by Gasteiger charge is 2.32. The van der Waals surface area contributed by atoms with Gasteiger partial charge in [-0.1, -0.05) is 24.3 Å². The molecule has 0 saturated heterocycles. The van der Waals surface area contributed by atoms with Gasteiger partial charge in [0.15, 0.2) is 11.5 Å². The van der Waals surface area contributed by atoms with Gasteiger partial charge in [0.1, 0.15) is 9.79 Å². The van der Waals surface area contributed by atoms with Gasteiger partial charge in [-0.05, 0) is 24.3 Å². The Kier molecular flexibility index (Phi) is 2.73. The summed E-state index contributed by atoms with van der Waals surface area (Å²) in [6, 6.07) is 10.8. The first-order valence-corrected chi connectivity index (χ1v) is 8.29. The summed E-state index contributed by atoms with van der Waals surface area (Å²) in [5.41, 5.74) is 0. The highest BCUT2D eigenvalue weighted by molar-refractivity contribution is 7.88. The van der Waals surface area contributed by atoms with E-state index in [0.717, 1.165) is 0 Å². The predicted octanol–water partition coefficient (Wildman–Crippen LogP) is 1.54. The van der Waals surface area contributed by atoms with Crippen LogP contribution in [-0.2, 0) is 20.2 Å². The van der Waals surface area contributed by atoms with Crippen LogP contribution in [0.25, 0.3) is 0 Å². The molecule has 0 N–H and O–H groups in total. The molecule has 0 saturated carbocycles. The molecular formula is C12H8O6S2. The Morgan fingerprint density at radius 1 is 0.600 bits per heavy atom. The fraction of sp³-hybridized carbons (Fsp3) is 0. The zero-order valence-electron chi connectivity index (χ0n) is 9.88. The Labute approximate surface area is 115 Å². The molecule has 0 spiro atoms. The highest BCUT2D eigenvalue weighted by Crippen LogP contribution is 2.35. The summed E-state index contributed by atoms with van der Waals surface area (Å²) < 4.78 is 58.3. The standard InChI is InChI=1S/C12H8O6S2/c13-19(14)11-7-3-1-5-9(11)17-20(15,16)12-8-4-2-6-10(12)18-19/h1-8H. The molecule has 0 amide bonds. The second-order valence-corrected chi connectivity index (χ2v) is 7.00. The van der Waals surface area contributed by atoms with E-state index in [0.29, 0.717) is 0 Å². The Morgan fingerprint density at radius 3 is 1.35 bits per heavy atom. The second-order valence-electron chi connectivity index (χ2n) is 3.97. The molecule has 2 aromatic carbocycles. The molecule has 1 aliphatic rings. The predicted molar refractivity (Wildman–Crippen MR) is 68.5 cm³/mol. The molecule has 0 fully saturated rings. The van der Waals surface area contributed by atoms with Gasteiger partial charge in [-0.25, -0.2) is 0 Å². The van der Waals surface area contributed by atoms with Crippen molar-refractivity contribution in [3.8, 4) is 11.5 Å². The highest BCUT2D eigenvalue weighted by atomic mass is 32.2. The van der Waals surface area contributed by atoms with E-state index in [-0.39, 0.29) is 21.3 Å². The average molecular weight is 312 g/mol. The van der Waals surface area contributed by atoms with Crippen LogP contribution in [-0.4, -0.2) is 16.8 Å². The van der Waals surface area contributed by atoms with E-state index >= 15 is 0 Å². The monoisotopic (exact) mass is 312 g/mol. The van der Waals surface area contributed by atoms with Crippen LogP contribution in [0.1, 0.15) is 0 Å². The Hall–Kier alpha value is -2.06. The molecule has 104 valence electrons. The minimum absolute atomic E-state index is 0.290. The molecule has 6 nitrogen and oxygen atoms in total. The third-order valence-corrected chi connectivity index (χ3v) is 5.19. The summed E-state index contributed by atoms with van der Waals surface area (Å²) in [6.45, 7) is 0. The summed E-state index contributed by atoms with van der Waals surface area (Å²) in [5.74, 6) is -0.580. The number of hydrogen-bond donors (Lipinski definition) is 0. The average Bonchev–Trinajstić information content (AvgIpc) is 2.37. The van der Waals surface area contributed by atoms with Crippen LogP contribution in [0.2, 0.25) is 0 Å². The van der Waals surface area contributed by atoms with Crippen LogP contribution in [0.15, 0.2) is 58.3 Å². The van der Waals surface area contributed by atoms with Crippen molar-refractivity contribution in [2.45, 2.75) is 9.79 Å². The van der Waals surface area contributed by atoms with Crippen LogP contribution in [0.4, 0.5) is 0 Å². The van der Waals surface area contributed by atoms with Gasteiger partial charge < -0.3 is 8.37 Å². The van der Waals surface area contributed by atoms with Crippen LogP contribution in [0.5, 0.6) is 11.5 Å². The van der Waals surface area contributed by atoms with Gasteiger partial charge >= 0.3 is 20.2 Å². The molecule has 0 atom stereocenters. The fourth-order valence-electron chi connectivity index (χ4n) is 1.78. The maximum Gasteiger partial charge on any atom is 0.343 e. The largest absolute Gasteiger partial charge is 0.377 e. The van der Waals surface area contributed by atoms with Gasteiger partial charge in [0.2, 0.25) is 0 Å². The maximum atomic E-state index is 12.1. The van der Waals surface area contributed by atoms with E-state index in [1.165, 1.54) is 48.5 Å². The van der Waals surface area contributed by atoms with Crippen molar-refractivity contribution in [2.24, 2.45) is 0 Å². The quantitative estimate of drug-likeness (QED) is 0.686. The summed E-state index contributed by atoms with van der Waals surface area (Å²) >= 11 is 0. The zero-order valence-corrected chi connectivity index (χ0v) is 11.5. The molecule has 2 aromatic rings. The molecule has 0 unspecified atom stereocenters. The third kappa shape index (κ3) is 2.02. The molecule has 0 radical (unpaired) electrons. The van der Waals surface area contributed by atoms with E-state index < -0.39 is 20.2 Å². The Balaban J connectivity index is 2.34. The summed E-state index contributed by atoms with van der Waals surface area (Å²) in [6.07, 6.45) is 0. The lowest BCUT2D eigenvalue weighted by Crippen LogP contribution is -2.20. The van der Waals surface area contributed by atoms with Crippen molar-refractivity contribution in [1.29, 1.82) is 0 Å². The topological polar surface area (TPSA) is 86.7 Å². The molecule has 1 heterocycles. The summed E-state index contributed by atoms with van der Waals surface area (Å²) in [4.78, 5) is -0.670. The third-order valence-electron chi connectivity index (χ3n) is 2.64. The molecule has 3 rings (SSSR count). The summed E-state index contributed by atoms with van der Waals surface area (Å²) in [7, 11) is -8.31. The van der Waals surface area contributed by atoms with Gasteiger partial charge in [-0.2, -0.15) is 16.8 Å². The van der Waals surface area contributed by atoms with Gasteiger partial charge in [0.25, 0.3) is 0 Å². The summed E-state index contributed by atoms with van der Waals surface area (Å²) in [5, 5.41) is 0.